The van der Waals surface area contributed by atoms with Gasteiger partial charge in [-0.05, 0) is 24.6 Å². The monoisotopic (exact) mass is 265 g/mol. The molecule has 20 heavy (non-hydrogen) atoms. The third-order valence-corrected chi connectivity index (χ3v) is 3.41. The molecule has 0 aliphatic carbocycles. The number of hydrogen-bond donors (Lipinski definition) is 1. The standard InChI is InChI=1S/C17H15NO2/c1-12(13-7-3-2-4-8-13)17(19)20-16-11-18-15-10-6-5-9-14(15)16/h2-12,18H,1H3. The van der Waals surface area contributed by atoms with E-state index in [1.807, 2.05) is 61.5 Å². The largest absolute Gasteiger partial charge is 0.424 e. The average molecular weight is 265 g/mol. The number of rotatable bonds is 3. The van der Waals surface area contributed by atoms with Crippen molar-refractivity contribution in [3.8, 4) is 5.75 Å². The second-order valence-electron chi connectivity index (χ2n) is 4.75. The minimum absolute atomic E-state index is 0.249. The van der Waals surface area contributed by atoms with Crippen LogP contribution in [0.5, 0.6) is 5.75 Å². The fourth-order valence-corrected chi connectivity index (χ4v) is 2.20. The molecule has 0 fully saturated rings. The molecule has 1 unspecified atom stereocenters. The van der Waals surface area contributed by atoms with Crippen molar-refractivity contribution in [2.75, 3.05) is 0 Å². The van der Waals surface area contributed by atoms with E-state index in [9.17, 15) is 4.79 Å². The predicted molar refractivity (Wildman–Crippen MR) is 78.8 cm³/mol. The van der Waals surface area contributed by atoms with Crippen LogP contribution in [0.4, 0.5) is 0 Å². The number of esters is 1. The molecule has 0 spiro atoms. The summed E-state index contributed by atoms with van der Waals surface area (Å²) in [4.78, 5) is 15.3. The normalized spacial score (nSPS) is 12.2. The number of aromatic nitrogens is 1. The highest BCUT2D eigenvalue weighted by molar-refractivity contribution is 5.89. The lowest BCUT2D eigenvalue weighted by Gasteiger charge is -2.10. The van der Waals surface area contributed by atoms with Crippen LogP contribution in [-0.4, -0.2) is 11.0 Å². The lowest BCUT2D eigenvalue weighted by Crippen LogP contribution is -2.15. The average Bonchev–Trinajstić information content (AvgIpc) is 2.91. The topological polar surface area (TPSA) is 42.1 Å². The van der Waals surface area contributed by atoms with Gasteiger partial charge in [0.1, 0.15) is 0 Å². The van der Waals surface area contributed by atoms with Crippen molar-refractivity contribution in [3.63, 3.8) is 0 Å². The molecule has 0 bridgehead atoms. The van der Waals surface area contributed by atoms with Gasteiger partial charge < -0.3 is 9.72 Å². The third-order valence-electron chi connectivity index (χ3n) is 3.41. The number of nitrogens with one attached hydrogen (secondary N) is 1. The molecule has 1 heterocycles. The zero-order valence-corrected chi connectivity index (χ0v) is 11.2. The van der Waals surface area contributed by atoms with Gasteiger partial charge in [0.25, 0.3) is 0 Å². The summed E-state index contributed by atoms with van der Waals surface area (Å²) in [5, 5.41) is 0.918. The molecule has 3 nitrogen and oxygen atoms in total. The van der Waals surface area contributed by atoms with Crippen molar-refractivity contribution in [2.24, 2.45) is 0 Å². The van der Waals surface area contributed by atoms with Crippen molar-refractivity contribution < 1.29 is 9.53 Å². The van der Waals surface area contributed by atoms with Gasteiger partial charge in [-0.2, -0.15) is 0 Å². The summed E-state index contributed by atoms with van der Waals surface area (Å²) in [5.74, 6) is 0.0409. The van der Waals surface area contributed by atoms with Crippen LogP contribution >= 0.6 is 0 Å². The van der Waals surface area contributed by atoms with Crippen molar-refractivity contribution in [3.05, 3.63) is 66.4 Å². The summed E-state index contributed by atoms with van der Waals surface area (Å²) >= 11 is 0. The van der Waals surface area contributed by atoms with E-state index in [1.54, 1.807) is 6.20 Å². The number of aromatic amines is 1. The van der Waals surface area contributed by atoms with Crippen LogP contribution in [0.1, 0.15) is 18.4 Å². The Labute approximate surface area is 117 Å². The molecule has 3 rings (SSSR count). The van der Waals surface area contributed by atoms with Gasteiger partial charge in [0.2, 0.25) is 0 Å². The van der Waals surface area contributed by atoms with Gasteiger partial charge in [-0.3, -0.25) is 4.79 Å². The van der Waals surface area contributed by atoms with Crippen LogP contribution in [0.15, 0.2) is 60.8 Å². The maximum Gasteiger partial charge on any atom is 0.318 e. The van der Waals surface area contributed by atoms with Gasteiger partial charge >= 0.3 is 5.97 Å². The first-order valence-corrected chi connectivity index (χ1v) is 6.58. The Bertz CT molecular complexity index is 731. The summed E-state index contributed by atoms with van der Waals surface area (Å²) in [6.07, 6.45) is 1.72. The van der Waals surface area contributed by atoms with E-state index in [-0.39, 0.29) is 11.9 Å². The Morgan fingerprint density at radius 1 is 1.05 bits per heavy atom. The molecule has 1 aromatic heterocycles. The van der Waals surface area contributed by atoms with Crippen LogP contribution in [0, 0.1) is 0 Å². The van der Waals surface area contributed by atoms with Crippen LogP contribution in [-0.2, 0) is 4.79 Å². The van der Waals surface area contributed by atoms with Crippen LogP contribution in [0.2, 0.25) is 0 Å². The van der Waals surface area contributed by atoms with Crippen molar-refractivity contribution in [1.82, 2.24) is 4.98 Å². The molecule has 100 valence electrons. The fourth-order valence-electron chi connectivity index (χ4n) is 2.20. The van der Waals surface area contributed by atoms with Gasteiger partial charge in [0, 0.05) is 17.1 Å². The minimum atomic E-state index is -0.287. The van der Waals surface area contributed by atoms with Gasteiger partial charge in [0.15, 0.2) is 5.75 Å². The molecular weight excluding hydrogens is 250 g/mol. The lowest BCUT2D eigenvalue weighted by molar-refractivity contribution is -0.135. The summed E-state index contributed by atoms with van der Waals surface area (Å²) in [7, 11) is 0. The lowest BCUT2D eigenvalue weighted by atomic mass is 10.0. The number of hydrogen-bond acceptors (Lipinski definition) is 2. The second kappa shape index (κ2) is 5.21. The van der Waals surface area contributed by atoms with E-state index in [0.29, 0.717) is 5.75 Å². The first-order chi connectivity index (χ1) is 9.75. The van der Waals surface area contributed by atoms with Gasteiger partial charge in [0.05, 0.1) is 5.92 Å². The first kappa shape index (κ1) is 12.5. The molecule has 0 amide bonds. The predicted octanol–water partition coefficient (Wildman–Crippen LogP) is 3.88. The highest BCUT2D eigenvalue weighted by atomic mass is 16.5. The Kier molecular flexibility index (Phi) is 3.25. The number of para-hydroxylation sites is 1. The van der Waals surface area contributed by atoms with Crippen molar-refractivity contribution >= 4 is 16.9 Å². The molecule has 0 aliphatic heterocycles. The molecule has 0 saturated carbocycles. The number of fused-ring (bicyclic) bond motifs is 1. The van der Waals surface area contributed by atoms with E-state index in [2.05, 4.69) is 4.98 Å². The summed E-state index contributed by atoms with van der Waals surface area (Å²) in [5.41, 5.74) is 1.92. The maximum absolute atomic E-state index is 12.2. The number of carbonyl (C=O) groups excluding carboxylic acids is 1. The van der Waals surface area contributed by atoms with E-state index < -0.39 is 0 Å². The SMILES string of the molecule is CC(C(=O)Oc1c[nH]c2ccccc12)c1ccccc1. The van der Waals surface area contributed by atoms with Gasteiger partial charge in [-0.1, -0.05) is 42.5 Å². The molecule has 3 heteroatoms. The number of H-pyrrole nitrogens is 1. The van der Waals surface area contributed by atoms with E-state index in [1.165, 1.54) is 0 Å². The van der Waals surface area contributed by atoms with E-state index >= 15 is 0 Å². The van der Waals surface area contributed by atoms with Crippen LogP contribution < -0.4 is 4.74 Å². The van der Waals surface area contributed by atoms with E-state index in [0.717, 1.165) is 16.5 Å². The van der Waals surface area contributed by atoms with Crippen LogP contribution in [0.3, 0.4) is 0 Å². The molecule has 1 N–H and O–H groups in total. The highest BCUT2D eigenvalue weighted by Crippen LogP contribution is 2.27. The Morgan fingerprint density at radius 3 is 2.55 bits per heavy atom. The molecule has 0 radical (unpaired) electrons. The molecular formula is C17H15NO2. The van der Waals surface area contributed by atoms with Crippen molar-refractivity contribution in [2.45, 2.75) is 12.8 Å². The zero-order valence-electron chi connectivity index (χ0n) is 11.2. The summed E-state index contributed by atoms with van der Waals surface area (Å²) in [6, 6.07) is 17.4. The van der Waals surface area contributed by atoms with E-state index in [4.69, 9.17) is 4.74 Å². The Balaban J connectivity index is 1.82. The zero-order chi connectivity index (χ0) is 13.9. The molecule has 0 saturated heterocycles. The molecule has 3 aromatic rings. The Morgan fingerprint density at radius 2 is 1.75 bits per heavy atom. The quantitative estimate of drug-likeness (QED) is 0.730. The minimum Gasteiger partial charge on any atom is -0.424 e. The summed E-state index contributed by atoms with van der Waals surface area (Å²) in [6.45, 7) is 1.85. The Hall–Kier alpha value is -2.55. The molecule has 2 aromatic carbocycles. The van der Waals surface area contributed by atoms with Crippen molar-refractivity contribution in [1.29, 1.82) is 0 Å². The smallest absolute Gasteiger partial charge is 0.318 e. The maximum atomic E-state index is 12.2. The first-order valence-electron chi connectivity index (χ1n) is 6.58. The second-order valence-corrected chi connectivity index (χ2v) is 4.75. The van der Waals surface area contributed by atoms with Gasteiger partial charge in [-0.15, -0.1) is 0 Å². The number of benzene rings is 2. The number of ether oxygens (including phenoxy) is 1. The molecule has 0 aliphatic rings. The summed E-state index contributed by atoms with van der Waals surface area (Å²) < 4.78 is 5.51. The fraction of sp³-hybridized carbons (Fsp3) is 0.118. The highest BCUT2D eigenvalue weighted by Gasteiger charge is 2.18. The number of carbonyl (C=O) groups is 1. The molecule has 1 atom stereocenters. The van der Waals surface area contributed by atoms with Gasteiger partial charge in [-0.25, -0.2) is 0 Å². The van der Waals surface area contributed by atoms with Crippen LogP contribution in [0.25, 0.3) is 10.9 Å². The third kappa shape index (κ3) is 2.30.